The summed E-state index contributed by atoms with van der Waals surface area (Å²) in [6, 6.07) is 1.72. The molecule has 1 N–H and O–H groups in total. The molecule has 12 nitrogen and oxygen atoms in total. The first-order valence-electron chi connectivity index (χ1n) is 9.70. The molecule has 5 atom stereocenters. The summed E-state index contributed by atoms with van der Waals surface area (Å²) in [6.45, 7) is 4.09. The number of aromatic nitrogens is 1. The van der Waals surface area contributed by atoms with Crippen molar-refractivity contribution in [1.29, 1.82) is 0 Å². The highest BCUT2D eigenvalue weighted by molar-refractivity contribution is 9.10. The summed E-state index contributed by atoms with van der Waals surface area (Å²) in [7, 11) is 0. The number of nitrogens with zero attached hydrogens (tertiary/aromatic N) is 1. The van der Waals surface area contributed by atoms with E-state index in [4.69, 9.17) is 23.7 Å². The lowest BCUT2D eigenvalue weighted by Crippen LogP contribution is -2.67. The van der Waals surface area contributed by atoms with Crippen molar-refractivity contribution >= 4 is 45.7 Å². The Hall–Kier alpha value is -3.06. The maximum atomic E-state index is 12.8. The lowest BCUT2D eigenvalue weighted by molar-refractivity contribution is -0.270. The molecular weight excluding hydrogens is 508 g/mol. The second kappa shape index (κ2) is 11.7. The molecule has 0 aliphatic carbocycles. The number of carbonyl (C=O) groups excluding carboxylic acids is 5. The van der Waals surface area contributed by atoms with Gasteiger partial charge in [0.15, 0.2) is 12.2 Å². The van der Waals surface area contributed by atoms with Gasteiger partial charge in [0.2, 0.25) is 6.29 Å². The van der Waals surface area contributed by atoms with Gasteiger partial charge in [0.05, 0.1) is 0 Å². The molecule has 0 unspecified atom stereocenters. The molecule has 1 aliphatic heterocycles. The largest absolute Gasteiger partial charge is 0.463 e. The molecule has 1 aromatic rings. The number of halogens is 1. The fourth-order valence-electron chi connectivity index (χ4n) is 3.06. The molecule has 1 fully saturated rings. The van der Waals surface area contributed by atoms with E-state index in [0.29, 0.717) is 4.47 Å². The van der Waals surface area contributed by atoms with E-state index < -0.39 is 67.0 Å². The third kappa shape index (κ3) is 7.79. The number of nitrogens with one attached hydrogen (secondary N) is 1. The highest BCUT2D eigenvalue weighted by atomic mass is 79.9. The van der Waals surface area contributed by atoms with E-state index in [9.17, 15) is 24.0 Å². The maximum absolute atomic E-state index is 12.8. The van der Waals surface area contributed by atoms with Gasteiger partial charge in [0, 0.05) is 38.4 Å². The summed E-state index contributed by atoms with van der Waals surface area (Å²) in [4.78, 5) is 63.4. The van der Waals surface area contributed by atoms with Crippen molar-refractivity contribution in [2.75, 3.05) is 6.61 Å². The molecule has 180 valence electrons. The predicted octanol–water partition coefficient (Wildman–Crippen LogP) is 0.657. The van der Waals surface area contributed by atoms with E-state index in [1.54, 1.807) is 6.07 Å². The molecule has 0 spiro atoms. The Morgan fingerprint density at radius 1 is 0.939 bits per heavy atom. The molecule has 0 aromatic carbocycles. The highest BCUT2D eigenvalue weighted by Crippen LogP contribution is 2.28. The molecule has 1 aromatic heterocycles. The molecule has 0 saturated carbocycles. The van der Waals surface area contributed by atoms with Crippen molar-refractivity contribution in [2.24, 2.45) is 0 Å². The van der Waals surface area contributed by atoms with Crippen LogP contribution in [0, 0.1) is 0 Å². The molecule has 2 rings (SSSR count). The minimum Gasteiger partial charge on any atom is -0.463 e. The summed E-state index contributed by atoms with van der Waals surface area (Å²) in [5, 5.41) is 2.56. The zero-order chi connectivity index (χ0) is 24.7. The normalized spacial score (nSPS) is 24.2. The zero-order valence-corrected chi connectivity index (χ0v) is 19.8. The Labute approximate surface area is 197 Å². The van der Waals surface area contributed by atoms with Crippen molar-refractivity contribution in [3.05, 3.63) is 28.5 Å². The van der Waals surface area contributed by atoms with Gasteiger partial charge in [-0.2, -0.15) is 0 Å². The number of hydrogen-bond donors (Lipinski definition) is 1. The third-order valence-electron chi connectivity index (χ3n) is 4.24. The summed E-state index contributed by atoms with van der Waals surface area (Å²) in [6.07, 6.45) is -3.91. The van der Waals surface area contributed by atoms with Gasteiger partial charge in [-0.3, -0.25) is 24.0 Å². The minimum absolute atomic E-state index is 0.00687. The number of pyridine rings is 1. The van der Waals surface area contributed by atoms with Crippen molar-refractivity contribution in [2.45, 2.75) is 58.3 Å². The first-order valence-corrected chi connectivity index (χ1v) is 10.5. The SMILES string of the molecule is CC(=O)OC[C@H]1O[C@@H](OC(C)=O)[C@H](NC(=O)c2ccc(Br)cn2)[C@@H](OC(C)=O)[C@H]1OC(C)=O. The summed E-state index contributed by atoms with van der Waals surface area (Å²) < 4.78 is 27.1. The zero-order valence-electron chi connectivity index (χ0n) is 18.2. The van der Waals surface area contributed by atoms with Gasteiger partial charge in [-0.25, -0.2) is 4.98 Å². The monoisotopic (exact) mass is 530 g/mol. The predicted molar refractivity (Wildman–Crippen MR) is 111 cm³/mol. The van der Waals surface area contributed by atoms with E-state index in [-0.39, 0.29) is 5.69 Å². The van der Waals surface area contributed by atoms with Gasteiger partial charge < -0.3 is 29.0 Å². The van der Waals surface area contributed by atoms with Crippen LogP contribution in [-0.2, 0) is 42.9 Å². The molecule has 1 amide bonds. The van der Waals surface area contributed by atoms with Gasteiger partial charge in [0.25, 0.3) is 5.91 Å². The van der Waals surface area contributed by atoms with Gasteiger partial charge in [-0.05, 0) is 28.1 Å². The van der Waals surface area contributed by atoms with Crippen LogP contribution in [0.1, 0.15) is 38.2 Å². The fraction of sp³-hybridized carbons (Fsp3) is 0.500. The van der Waals surface area contributed by atoms with E-state index >= 15 is 0 Å². The Bertz CT molecular complexity index is 907. The Kier molecular flexibility index (Phi) is 9.29. The molecule has 33 heavy (non-hydrogen) atoms. The van der Waals surface area contributed by atoms with Crippen LogP contribution >= 0.6 is 15.9 Å². The quantitative estimate of drug-likeness (QED) is 0.389. The van der Waals surface area contributed by atoms with E-state index in [2.05, 4.69) is 26.2 Å². The molecule has 1 saturated heterocycles. The summed E-state index contributed by atoms with van der Waals surface area (Å²) in [5.41, 5.74) is 0.00687. The number of carbonyl (C=O) groups is 5. The lowest BCUT2D eigenvalue weighted by atomic mass is 9.96. The lowest BCUT2D eigenvalue weighted by Gasteiger charge is -2.44. The van der Waals surface area contributed by atoms with Crippen molar-refractivity contribution < 1.29 is 47.7 Å². The standard InChI is InChI=1S/C20H23BrN2O10/c1-9(24)29-8-15-17(30-10(2)25)18(31-11(3)26)16(20(33-15)32-12(4)27)23-19(28)14-6-5-13(21)7-22-14/h5-7,15-18,20H,8H2,1-4H3,(H,23,28)/t15-,16-,17+,18-,20-/m1/s1. The average Bonchev–Trinajstić information content (AvgIpc) is 2.70. The van der Waals surface area contributed by atoms with Crippen LogP contribution in [0.2, 0.25) is 0 Å². The number of rotatable bonds is 7. The highest BCUT2D eigenvalue weighted by Gasteiger charge is 2.52. The topological polar surface area (TPSA) is 156 Å². The number of ether oxygens (including phenoxy) is 5. The van der Waals surface area contributed by atoms with Crippen LogP contribution < -0.4 is 5.32 Å². The molecule has 1 aliphatic rings. The van der Waals surface area contributed by atoms with Gasteiger partial charge in [0.1, 0.15) is 24.4 Å². The smallest absolute Gasteiger partial charge is 0.305 e. The van der Waals surface area contributed by atoms with Crippen LogP contribution in [0.15, 0.2) is 22.8 Å². The second-order valence-electron chi connectivity index (χ2n) is 6.96. The van der Waals surface area contributed by atoms with Gasteiger partial charge in [-0.1, -0.05) is 0 Å². The second-order valence-corrected chi connectivity index (χ2v) is 7.88. The number of amides is 1. The molecular formula is C20H23BrN2O10. The van der Waals surface area contributed by atoms with Crippen molar-refractivity contribution in [3.8, 4) is 0 Å². The van der Waals surface area contributed by atoms with Gasteiger partial charge in [-0.15, -0.1) is 0 Å². The summed E-state index contributed by atoms with van der Waals surface area (Å²) in [5.74, 6) is -3.64. The van der Waals surface area contributed by atoms with Crippen LogP contribution in [0.4, 0.5) is 0 Å². The number of hydrogen-bond acceptors (Lipinski definition) is 11. The van der Waals surface area contributed by atoms with E-state index in [1.807, 2.05) is 0 Å². The molecule has 0 radical (unpaired) electrons. The van der Waals surface area contributed by atoms with Crippen LogP contribution in [0.25, 0.3) is 0 Å². The minimum atomic E-state index is -1.47. The van der Waals surface area contributed by atoms with Crippen molar-refractivity contribution in [1.82, 2.24) is 10.3 Å². The van der Waals surface area contributed by atoms with Crippen LogP contribution in [0.3, 0.4) is 0 Å². The maximum Gasteiger partial charge on any atom is 0.305 e. The van der Waals surface area contributed by atoms with E-state index in [1.165, 1.54) is 12.3 Å². The third-order valence-corrected chi connectivity index (χ3v) is 4.71. The number of esters is 4. The molecule has 0 bridgehead atoms. The van der Waals surface area contributed by atoms with Crippen LogP contribution in [0.5, 0.6) is 0 Å². The first-order chi connectivity index (χ1) is 15.5. The molecule has 13 heteroatoms. The van der Waals surface area contributed by atoms with Gasteiger partial charge >= 0.3 is 23.9 Å². The summed E-state index contributed by atoms with van der Waals surface area (Å²) >= 11 is 3.22. The van der Waals surface area contributed by atoms with E-state index in [0.717, 1.165) is 27.7 Å². The van der Waals surface area contributed by atoms with Crippen LogP contribution in [-0.4, -0.2) is 72.0 Å². The Morgan fingerprint density at radius 2 is 1.55 bits per heavy atom. The Balaban J connectivity index is 2.44. The fourth-order valence-corrected chi connectivity index (χ4v) is 3.29. The average molecular weight is 531 g/mol. The van der Waals surface area contributed by atoms with Crippen molar-refractivity contribution in [3.63, 3.8) is 0 Å². The Morgan fingerprint density at radius 3 is 2.06 bits per heavy atom. The first kappa shape index (κ1) is 26.2. The molecule has 2 heterocycles.